The quantitative estimate of drug-likeness (QED) is 0.197. The van der Waals surface area contributed by atoms with Crippen LogP contribution < -0.4 is 5.32 Å². The lowest BCUT2D eigenvalue weighted by atomic mass is 9.98. The van der Waals surface area contributed by atoms with Crippen LogP contribution in [0.2, 0.25) is 0 Å². The smallest absolute Gasteiger partial charge is 0.322 e. The molecular formula is C45H56F2N6O3. The van der Waals surface area contributed by atoms with Gasteiger partial charge in [-0.3, -0.25) is 14.4 Å². The number of piperidine rings is 2. The average molecular weight is 767 g/mol. The number of carbonyl (C=O) groups is 3. The third kappa shape index (κ3) is 7.79. The van der Waals surface area contributed by atoms with Gasteiger partial charge < -0.3 is 29.2 Å². The van der Waals surface area contributed by atoms with E-state index < -0.39 is 11.8 Å². The Hall–Kier alpha value is -4.77. The minimum atomic E-state index is -3.40. The molecule has 3 amide bonds. The SMILES string of the molecule is C=CCn1c2c(c3cc(C(=O)N4CCC(C)CC4)ccc31)CN(C(=O)C(C)(F)F)CC2.C=CCn1c2c(c3cc(C(=O)N4CCC(C)CC4)ccc31)CNCC2. The highest BCUT2D eigenvalue weighted by atomic mass is 19.3. The van der Waals surface area contributed by atoms with Crippen LogP contribution >= 0.6 is 0 Å². The van der Waals surface area contributed by atoms with E-state index in [4.69, 9.17) is 0 Å². The van der Waals surface area contributed by atoms with Crippen molar-refractivity contribution in [2.45, 2.75) is 91.4 Å². The summed E-state index contributed by atoms with van der Waals surface area (Å²) in [5.41, 5.74) is 8.20. The summed E-state index contributed by atoms with van der Waals surface area (Å²) in [6, 6.07) is 11.9. The van der Waals surface area contributed by atoms with Crippen molar-refractivity contribution >= 4 is 39.5 Å². The molecule has 0 spiro atoms. The van der Waals surface area contributed by atoms with Crippen LogP contribution in [0.5, 0.6) is 0 Å². The van der Waals surface area contributed by atoms with Gasteiger partial charge in [-0.15, -0.1) is 13.2 Å². The summed E-state index contributed by atoms with van der Waals surface area (Å²) in [5, 5.41) is 5.55. The van der Waals surface area contributed by atoms with E-state index in [0.717, 1.165) is 112 Å². The number of likely N-dealkylation sites (tertiary alicyclic amines) is 2. The first-order valence-corrected chi connectivity index (χ1v) is 20.4. The van der Waals surface area contributed by atoms with Crippen LogP contribution in [0.3, 0.4) is 0 Å². The maximum absolute atomic E-state index is 13.7. The summed E-state index contributed by atoms with van der Waals surface area (Å²) in [7, 11) is 0. The van der Waals surface area contributed by atoms with E-state index in [2.05, 4.69) is 53.6 Å². The van der Waals surface area contributed by atoms with Gasteiger partial charge in [0.2, 0.25) is 0 Å². The first-order valence-electron chi connectivity index (χ1n) is 20.4. The predicted molar refractivity (Wildman–Crippen MR) is 218 cm³/mol. The molecule has 4 aromatic rings. The largest absolute Gasteiger partial charge is 0.340 e. The lowest BCUT2D eigenvalue weighted by molar-refractivity contribution is -0.155. The van der Waals surface area contributed by atoms with Crippen LogP contribution in [0.4, 0.5) is 8.78 Å². The van der Waals surface area contributed by atoms with Crippen LogP contribution in [0.25, 0.3) is 21.8 Å². The molecule has 2 aromatic carbocycles. The molecule has 9 nitrogen and oxygen atoms in total. The van der Waals surface area contributed by atoms with Crippen molar-refractivity contribution in [2.75, 3.05) is 39.3 Å². The lowest BCUT2D eigenvalue weighted by Crippen LogP contribution is -2.44. The second-order valence-corrected chi connectivity index (χ2v) is 16.4. The molecule has 0 aliphatic carbocycles. The summed E-state index contributed by atoms with van der Waals surface area (Å²) >= 11 is 0. The van der Waals surface area contributed by atoms with E-state index in [1.54, 1.807) is 6.08 Å². The van der Waals surface area contributed by atoms with E-state index in [9.17, 15) is 23.2 Å². The second kappa shape index (κ2) is 16.4. The fourth-order valence-electron chi connectivity index (χ4n) is 9.01. The Kier molecular flexibility index (Phi) is 11.5. The fraction of sp³-hybridized carbons (Fsp3) is 0.489. The molecule has 8 rings (SSSR count). The number of alkyl halides is 2. The molecular weight excluding hydrogens is 711 g/mol. The van der Waals surface area contributed by atoms with Crippen molar-refractivity contribution < 1.29 is 23.2 Å². The van der Waals surface area contributed by atoms with Gasteiger partial charge in [-0.1, -0.05) is 26.0 Å². The Morgan fingerprint density at radius 3 is 1.70 bits per heavy atom. The zero-order chi connectivity index (χ0) is 39.7. The molecule has 2 fully saturated rings. The Morgan fingerprint density at radius 2 is 1.21 bits per heavy atom. The fourth-order valence-corrected chi connectivity index (χ4v) is 9.01. The first-order chi connectivity index (χ1) is 26.9. The van der Waals surface area contributed by atoms with E-state index in [1.165, 1.54) is 27.1 Å². The van der Waals surface area contributed by atoms with Gasteiger partial charge >= 0.3 is 5.92 Å². The molecule has 0 radical (unpaired) electrons. The van der Waals surface area contributed by atoms with Crippen LogP contribution in [0, 0.1) is 11.8 Å². The number of allylic oxidation sites excluding steroid dienone is 2. The third-order valence-electron chi connectivity index (χ3n) is 12.3. The zero-order valence-electron chi connectivity index (χ0n) is 33.2. The van der Waals surface area contributed by atoms with Crippen LogP contribution in [-0.4, -0.2) is 86.7 Å². The van der Waals surface area contributed by atoms with Gasteiger partial charge in [0, 0.05) is 135 Å². The number of aromatic nitrogens is 2. The summed E-state index contributed by atoms with van der Waals surface area (Å²) in [5.74, 6) is -3.00. The molecule has 0 unspecified atom stereocenters. The maximum atomic E-state index is 13.7. The summed E-state index contributed by atoms with van der Waals surface area (Å²) in [6.45, 7) is 19.8. The minimum absolute atomic E-state index is 0.00264. The summed E-state index contributed by atoms with van der Waals surface area (Å²) < 4.78 is 31.8. The van der Waals surface area contributed by atoms with E-state index in [0.29, 0.717) is 31.4 Å². The number of carbonyl (C=O) groups excluding carboxylic acids is 3. The van der Waals surface area contributed by atoms with Crippen LogP contribution in [-0.2, 0) is 43.8 Å². The summed E-state index contributed by atoms with van der Waals surface area (Å²) in [6.07, 6.45) is 9.51. The zero-order valence-corrected chi connectivity index (χ0v) is 33.2. The van der Waals surface area contributed by atoms with Crippen molar-refractivity contribution in [1.29, 1.82) is 0 Å². The Labute approximate surface area is 329 Å². The molecule has 4 aliphatic rings. The van der Waals surface area contributed by atoms with Gasteiger partial charge in [0.25, 0.3) is 17.7 Å². The molecule has 1 N–H and O–H groups in total. The Balaban J connectivity index is 0.000000175. The number of hydrogen-bond donors (Lipinski definition) is 1. The van der Waals surface area contributed by atoms with Gasteiger partial charge in [0.15, 0.2) is 0 Å². The number of amides is 3. The van der Waals surface area contributed by atoms with Crippen molar-refractivity contribution in [2.24, 2.45) is 11.8 Å². The first kappa shape index (κ1) is 39.5. The molecule has 0 atom stereocenters. The lowest BCUT2D eigenvalue weighted by Gasteiger charge is -2.30. The highest BCUT2D eigenvalue weighted by molar-refractivity contribution is 6.00. The molecule has 56 heavy (non-hydrogen) atoms. The molecule has 2 saturated heterocycles. The highest BCUT2D eigenvalue weighted by Crippen LogP contribution is 2.34. The topological polar surface area (TPSA) is 82.8 Å². The number of hydrogen-bond acceptors (Lipinski definition) is 4. The predicted octanol–water partition coefficient (Wildman–Crippen LogP) is 7.58. The molecule has 0 saturated carbocycles. The van der Waals surface area contributed by atoms with Gasteiger partial charge in [0.05, 0.1) is 0 Å². The Bertz CT molecular complexity index is 2150. The van der Waals surface area contributed by atoms with E-state index in [-0.39, 0.29) is 24.9 Å². The van der Waals surface area contributed by atoms with Gasteiger partial charge in [-0.2, -0.15) is 8.78 Å². The van der Waals surface area contributed by atoms with Gasteiger partial charge in [-0.05, 0) is 79.5 Å². The number of nitrogens with one attached hydrogen (secondary N) is 1. The van der Waals surface area contributed by atoms with E-state index >= 15 is 0 Å². The number of benzene rings is 2. The van der Waals surface area contributed by atoms with Crippen LogP contribution in [0.1, 0.15) is 89.7 Å². The molecule has 0 bridgehead atoms. The monoisotopic (exact) mass is 766 g/mol. The Morgan fingerprint density at radius 1 is 0.732 bits per heavy atom. The van der Waals surface area contributed by atoms with Crippen molar-refractivity contribution in [3.05, 3.63) is 95.3 Å². The van der Waals surface area contributed by atoms with Gasteiger partial charge in [0.1, 0.15) is 0 Å². The van der Waals surface area contributed by atoms with Crippen molar-refractivity contribution in [3.63, 3.8) is 0 Å². The molecule has 11 heteroatoms. The van der Waals surface area contributed by atoms with E-state index in [1.807, 2.05) is 40.1 Å². The number of nitrogens with zero attached hydrogens (tertiary/aromatic N) is 5. The number of halogens is 2. The van der Waals surface area contributed by atoms with Gasteiger partial charge in [-0.25, -0.2) is 0 Å². The maximum Gasteiger partial charge on any atom is 0.322 e. The summed E-state index contributed by atoms with van der Waals surface area (Å²) in [4.78, 5) is 43.4. The normalized spacial score (nSPS) is 18.0. The minimum Gasteiger partial charge on any atom is -0.340 e. The molecule has 298 valence electrons. The van der Waals surface area contributed by atoms with Crippen molar-refractivity contribution in [3.8, 4) is 0 Å². The number of fused-ring (bicyclic) bond motifs is 6. The van der Waals surface area contributed by atoms with Crippen molar-refractivity contribution in [1.82, 2.24) is 29.2 Å². The molecule has 6 heterocycles. The standard InChI is InChI=1S/C24H29F2N3O2.C21H27N3O/c1-4-10-29-20-6-5-17(22(30)27-11-7-16(2)8-12-27)14-18(20)19-15-28(13-9-21(19)29)23(31)24(3,25)26;1-3-10-24-19-5-4-16(21(25)23-11-7-15(2)8-12-23)13-17(19)18-14-22-9-6-20(18)24/h4-6,14,16H,1,7-13,15H2,2-3H3;3-5,13,15,22H,1,6-12,14H2,2H3. The highest BCUT2D eigenvalue weighted by Gasteiger charge is 2.39. The van der Waals surface area contributed by atoms with Crippen LogP contribution in [0.15, 0.2) is 61.7 Å². The second-order valence-electron chi connectivity index (χ2n) is 16.4. The third-order valence-corrected chi connectivity index (χ3v) is 12.3. The number of rotatable bonds is 7. The molecule has 2 aromatic heterocycles. The average Bonchev–Trinajstić information content (AvgIpc) is 3.68. The molecule has 4 aliphatic heterocycles.